The number of nitrogens with one attached hydrogen (secondary N) is 3. The van der Waals surface area contributed by atoms with E-state index in [0.29, 0.717) is 44.6 Å². The number of hydrogen-bond donors (Lipinski definition) is 5. The second kappa shape index (κ2) is 12.6. The van der Waals surface area contributed by atoms with Crippen molar-refractivity contribution >= 4 is 73.3 Å². The van der Waals surface area contributed by atoms with Crippen LogP contribution in [0.1, 0.15) is 48.5 Å². The van der Waals surface area contributed by atoms with Gasteiger partial charge in [-0.25, -0.2) is 4.79 Å². The first-order chi connectivity index (χ1) is 24.8. The number of rotatable bonds is 8. The van der Waals surface area contributed by atoms with E-state index in [0.717, 1.165) is 6.07 Å². The number of aromatic hydroxyl groups is 1. The van der Waals surface area contributed by atoms with Gasteiger partial charge in [0.1, 0.15) is 22.8 Å². The number of carbonyl (C=O) groups is 3. The predicted molar refractivity (Wildman–Crippen MR) is 185 cm³/mol. The van der Waals surface area contributed by atoms with Crippen LogP contribution in [0.3, 0.4) is 0 Å². The van der Waals surface area contributed by atoms with Gasteiger partial charge in [0.25, 0.3) is 11.8 Å². The van der Waals surface area contributed by atoms with Gasteiger partial charge < -0.3 is 44.6 Å². The van der Waals surface area contributed by atoms with Gasteiger partial charge >= 0.3 is 12.1 Å². The number of aromatic carboxylic acids is 1. The fraction of sp³-hybridized carbons (Fsp3) is 0.200. The molecule has 1 atom stereocenters. The lowest BCUT2D eigenvalue weighted by Gasteiger charge is -2.17. The maximum atomic E-state index is 13.9. The SMILES string of the molecule is COc1cc2cnc(C(=O)Nc3ccc4[nH]c(C(=O)N5C[C@@H](CCl)c6c5cc(O)c5[nH]c(C(F)(F)F)c(C(=O)O)c65)cc4c3)cc2c(OC)c1OC. The molecule has 1 aliphatic rings. The lowest BCUT2D eigenvalue weighted by atomic mass is 9.95. The van der Waals surface area contributed by atoms with E-state index in [4.69, 9.17) is 25.8 Å². The summed E-state index contributed by atoms with van der Waals surface area (Å²) in [6, 6.07) is 10.8. The summed E-state index contributed by atoms with van der Waals surface area (Å²) in [6.07, 6.45) is -3.56. The number of anilines is 2. The molecule has 0 bridgehead atoms. The highest BCUT2D eigenvalue weighted by Crippen LogP contribution is 2.49. The zero-order chi connectivity index (χ0) is 37.2. The molecule has 3 aromatic heterocycles. The minimum Gasteiger partial charge on any atom is -0.506 e. The van der Waals surface area contributed by atoms with Crippen molar-refractivity contribution in [2.75, 3.05) is 44.0 Å². The molecular weight excluding hydrogens is 711 g/mol. The quantitative estimate of drug-likeness (QED) is 0.104. The highest BCUT2D eigenvalue weighted by molar-refractivity contribution is 6.20. The third-order valence-corrected chi connectivity index (χ3v) is 9.34. The van der Waals surface area contributed by atoms with Gasteiger partial charge in [0, 0.05) is 63.4 Å². The van der Waals surface area contributed by atoms with Crippen LogP contribution in [0, 0.1) is 0 Å². The normalized spacial score (nSPS) is 14.2. The minimum absolute atomic E-state index is 0.0260. The molecule has 0 unspecified atom stereocenters. The fourth-order valence-electron chi connectivity index (χ4n) is 6.72. The Morgan fingerprint density at radius 3 is 2.42 bits per heavy atom. The number of alkyl halides is 4. The number of fused-ring (bicyclic) bond motifs is 5. The summed E-state index contributed by atoms with van der Waals surface area (Å²) < 4.78 is 57.9. The Morgan fingerprint density at radius 2 is 1.77 bits per heavy atom. The molecule has 7 rings (SSSR count). The minimum atomic E-state index is -5.07. The topological polar surface area (TPSA) is 179 Å². The van der Waals surface area contributed by atoms with Crippen LogP contribution in [-0.2, 0) is 6.18 Å². The number of methoxy groups -OCH3 is 3. The Hall–Kier alpha value is -6.16. The number of hydrogen-bond acceptors (Lipinski definition) is 8. The molecule has 13 nitrogen and oxygen atoms in total. The van der Waals surface area contributed by atoms with Crippen LogP contribution >= 0.6 is 11.6 Å². The first-order valence-electron chi connectivity index (χ1n) is 15.4. The van der Waals surface area contributed by atoms with Crippen LogP contribution < -0.4 is 24.4 Å². The number of aromatic nitrogens is 3. The Labute approximate surface area is 295 Å². The molecule has 6 aromatic rings. The molecule has 0 aliphatic carbocycles. The van der Waals surface area contributed by atoms with Gasteiger partial charge in [-0.3, -0.25) is 14.6 Å². The lowest BCUT2D eigenvalue weighted by molar-refractivity contribution is -0.141. The van der Waals surface area contributed by atoms with Crippen molar-refractivity contribution in [1.29, 1.82) is 0 Å². The third-order valence-electron chi connectivity index (χ3n) is 8.97. The number of carboxylic acid groups (broad SMARTS) is 1. The molecule has 4 heterocycles. The fourth-order valence-corrected chi connectivity index (χ4v) is 6.97. The van der Waals surface area contributed by atoms with Gasteiger partial charge in [0.15, 0.2) is 11.5 Å². The largest absolute Gasteiger partial charge is 0.506 e. The van der Waals surface area contributed by atoms with Gasteiger partial charge in [0.05, 0.1) is 38.1 Å². The molecule has 1 aliphatic heterocycles. The number of pyridine rings is 1. The summed E-state index contributed by atoms with van der Waals surface area (Å²) in [5.74, 6) is -3.44. The number of benzene rings is 3. The van der Waals surface area contributed by atoms with Gasteiger partial charge in [0.2, 0.25) is 5.75 Å². The van der Waals surface area contributed by atoms with Crippen LogP contribution in [0.4, 0.5) is 24.5 Å². The zero-order valence-corrected chi connectivity index (χ0v) is 28.1. The van der Waals surface area contributed by atoms with Crippen molar-refractivity contribution in [3.8, 4) is 23.0 Å². The number of carboxylic acids is 1. The van der Waals surface area contributed by atoms with E-state index in [9.17, 15) is 37.8 Å². The molecule has 2 amide bonds. The number of nitrogens with zero attached hydrogens (tertiary/aromatic N) is 2. The predicted octanol–water partition coefficient (Wildman–Crippen LogP) is 6.88. The summed E-state index contributed by atoms with van der Waals surface area (Å²) in [5, 5.41) is 24.7. The average molecular weight is 738 g/mol. The summed E-state index contributed by atoms with van der Waals surface area (Å²) in [6.45, 7) is -0.0965. The Bertz CT molecular complexity index is 2480. The zero-order valence-electron chi connectivity index (χ0n) is 27.4. The molecular formula is C35H27ClF3N5O8. The second-order valence-electron chi connectivity index (χ2n) is 11.9. The van der Waals surface area contributed by atoms with Gasteiger partial charge in [-0.05, 0) is 42.0 Å². The lowest BCUT2D eigenvalue weighted by Crippen LogP contribution is -2.30. The number of aromatic amines is 2. The van der Waals surface area contributed by atoms with Crippen LogP contribution in [-0.4, -0.2) is 76.7 Å². The molecule has 3 aromatic carbocycles. The Balaban J connectivity index is 1.20. The van der Waals surface area contributed by atoms with Crippen molar-refractivity contribution in [2.45, 2.75) is 12.1 Å². The number of amides is 2. The molecule has 0 fully saturated rings. The summed E-state index contributed by atoms with van der Waals surface area (Å²) >= 11 is 6.21. The van der Waals surface area contributed by atoms with E-state index < -0.39 is 52.4 Å². The van der Waals surface area contributed by atoms with E-state index in [-0.39, 0.29) is 40.4 Å². The highest BCUT2D eigenvalue weighted by atomic mass is 35.5. The van der Waals surface area contributed by atoms with Crippen molar-refractivity contribution in [3.63, 3.8) is 0 Å². The van der Waals surface area contributed by atoms with E-state index in [1.807, 2.05) is 4.98 Å². The van der Waals surface area contributed by atoms with Crippen molar-refractivity contribution in [1.82, 2.24) is 15.0 Å². The van der Waals surface area contributed by atoms with Crippen molar-refractivity contribution in [2.24, 2.45) is 0 Å². The third kappa shape index (κ3) is 5.42. The number of phenolic OH excluding ortho intramolecular Hbond substituents is 1. The Kier molecular flexibility index (Phi) is 8.28. The average Bonchev–Trinajstić information content (AvgIpc) is 3.83. The molecule has 52 heavy (non-hydrogen) atoms. The number of H-pyrrole nitrogens is 2. The van der Waals surface area contributed by atoms with Crippen molar-refractivity contribution in [3.05, 3.63) is 76.9 Å². The second-order valence-corrected chi connectivity index (χ2v) is 12.2. The summed E-state index contributed by atoms with van der Waals surface area (Å²) in [4.78, 5) is 49.9. The van der Waals surface area contributed by atoms with E-state index in [1.165, 1.54) is 38.5 Å². The van der Waals surface area contributed by atoms with E-state index in [1.54, 1.807) is 30.3 Å². The Morgan fingerprint density at radius 1 is 1.02 bits per heavy atom. The van der Waals surface area contributed by atoms with E-state index >= 15 is 0 Å². The summed E-state index contributed by atoms with van der Waals surface area (Å²) in [5.41, 5.74) is -1.84. The van der Waals surface area contributed by atoms with Crippen LogP contribution in [0.25, 0.3) is 32.6 Å². The van der Waals surface area contributed by atoms with Crippen molar-refractivity contribution < 1.29 is 52.0 Å². The maximum absolute atomic E-state index is 13.9. The first-order valence-corrected chi connectivity index (χ1v) is 16.0. The molecule has 0 radical (unpaired) electrons. The molecule has 17 heteroatoms. The van der Waals surface area contributed by atoms with Crippen LogP contribution in [0.2, 0.25) is 0 Å². The highest BCUT2D eigenvalue weighted by Gasteiger charge is 2.43. The monoisotopic (exact) mass is 737 g/mol. The smallest absolute Gasteiger partial charge is 0.432 e. The summed E-state index contributed by atoms with van der Waals surface area (Å²) in [7, 11) is 4.42. The molecule has 0 spiro atoms. The van der Waals surface area contributed by atoms with Gasteiger partial charge in [-0.15, -0.1) is 11.6 Å². The molecule has 5 N–H and O–H groups in total. The van der Waals surface area contributed by atoms with Crippen LogP contribution in [0.15, 0.2) is 48.7 Å². The number of ether oxygens (including phenoxy) is 3. The van der Waals surface area contributed by atoms with Gasteiger partial charge in [-0.1, -0.05) is 0 Å². The van der Waals surface area contributed by atoms with Crippen LogP contribution in [0.5, 0.6) is 23.0 Å². The molecule has 0 saturated carbocycles. The standard InChI is InChI=1S/C35H27ClF3N5O8/c1-50-24-8-15-12-40-20(9-18(15)29(51-2)30(24)52-3)32(46)41-17-4-5-19-14(6-17)7-21(42-19)33(47)44-13-16(11-36)25-22(44)10-23(45)28-26(25)27(34(48)49)31(43-28)35(37,38)39/h4-10,12,16,42-43,45H,11,13H2,1-3H3,(H,41,46)(H,48,49)/t16-/m1/s1. The number of carbonyl (C=O) groups excluding carboxylic acids is 2. The first kappa shape index (κ1) is 34.3. The molecule has 268 valence electrons. The number of phenols is 1. The maximum Gasteiger partial charge on any atom is 0.432 e. The number of halogens is 4. The molecule has 0 saturated heterocycles. The van der Waals surface area contributed by atoms with E-state index in [2.05, 4.69) is 15.3 Å². The van der Waals surface area contributed by atoms with Gasteiger partial charge in [-0.2, -0.15) is 13.2 Å².